The van der Waals surface area contributed by atoms with Crippen LogP contribution in [0.1, 0.15) is 12.8 Å². The fourth-order valence-electron chi connectivity index (χ4n) is 3.07. The SMILES string of the molecule is CN1CCCC(CNc2cnn(-c3ccc(Cl)cc3Cl)c(=O)c2Cl)C1. The van der Waals surface area contributed by atoms with Crippen LogP contribution < -0.4 is 10.9 Å². The molecule has 1 aromatic heterocycles. The van der Waals surface area contributed by atoms with Crippen LogP contribution in [0.5, 0.6) is 0 Å². The maximum atomic E-state index is 12.6. The molecule has 0 radical (unpaired) electrons. The molecule has 0 saturated carbocycles. The molecule has 0 aliphatic carbocycles. The van der Waals surface area contributed by atoms with Crippen molar-refractivity contribution in [1.82, 2.24) is 14.7 Å². The number of rotatable bonds is 4. The maximum absolute atomic E-state index is 12.6. The highest BCUT2D eigenvalue weighted by Gasteiger charge is 2.18. The number of halogens is 3. The Bertz CT molecular complexity index is 824. The van der Waals surface area contributed by atoms with E-state index in [9.17, 15) is 4.79 Å². The first-order valence-electron chi connectivity index (χ1n) is 8.11. The monoisotopic (exact) mass is 400 g/mol. The normalized spacial score (nSPS) is 18.3. The molecule has 134 valence electrons. The summed E-state index contributed by atoms with van der Waals surface area (Å²) in [7, 11) is 2.12. The van der Waals surface area contributed by atoms with Gasteiger partial charge in [-0.2, -0.15) is 9.78 Å². The summed E-state index contributed by atoms with van der Waals surface area (Å²) in [6.45, 7) is 2.93. The minimum atomic E-state index is -0.420. The van der Waals surface area contributed by atoms with Gasteiger partial charge in [0.05, 0.1) is 22.6 Å². The molecule has 0 spiro atoms. The molecule has 0 bridgehead atoms. The Kier molecular flexibility index (Phi) is 5.89. The highest BCUT2D eigenvalue weighted by atomic mass is 35.5. The molecule has 1 aliphatic heterocycles. The number of aromatic nitrogens is 2. The van der Waals surface area contributed by atoms with Crippen molar-refractivity contribution in [1.29, 1.82) is 0 Å². The molecule has 1 N–H and O–H groups in total. The van der Waals surface area contributed by atoms with Crippen molar-refractivity contribution in [2.24, 2.45) is 5.92 Å². The fraction of sp³-hybridized carbons (Fsp3) is 0.412. The van der Waals surface area contributed by atoms with E-state index in [0.717, 1.165) is 19.6 Å². The molecule has 5 nitrogen and oxygen atoms in total. The summed E-state index contributed by atoms with van der Waals surface area (Å²) in [6.07, 6.45) is 3.91. The predicted octanol–water partition coefficient (Wildman–Crippen LogP) is 3.95. The van der Waals surface area contributed by atoms with Crippen molar-refractivity contribution in [3.63, 3.8) is 0 Å². The first-order valence-corrected chi connectivity index (χ1v) is 9.25. The van der Waals surface area contributed by atoms with Gasteiger partial charge < -0.3 is 10.2 Å². The average molecular weight is 402 g/mol. The lowest BCUT2D eigenvalue weighted by Gasteiger charge is -2.30. The van der Waals surface area contributed by atoms with Crippen molar-refractivity contribution in [3.05, 3.63) is 49.8 Å². The summed E-state index contributed by atoms with van der Waals surface area (Å²) in [4.78, 5) is 14.9. The van der Waals surface area contributed by atoms with Crippen LogP contribution in [0.15, 0.2) is 29.2 Å². The van der Waals surface area contributed by atoms with Crippen LogP contribution in [-0.4, -0.2) is 41.4 Å². The Labute approximate surface area is 161 Å². The number of anilines is 1. The van der Waals surface area contributed by atoms with Crippen molar-refractivity contribution in [3.8, 4) is 5.69 Å². The lowest BCUT2D eigenvalue weighted by atomic mass is 9.98. The standard InChI is InChI=1S/C17H19Cl3N4O/c1-23-6-2-3-11(10-23)8-21-14-9-22-24(17(25)16(14)20)15-5-4-12(18)7-13(15)19/h4-5,7,9,11,21H,2-3,6,8,10H2,1H3. The van der Waals surface area contributed by atoms with Crippen molar-refractivity contribution in [2.75, 3.05) is 32.0 Å². The average Bonchev–Trinajstić information content (AvgIpc) is 2.57. The number of likely N-dealkylation sites (tertiary alicyclic amines) is 1. The summed E-state index contributed by atoms with van der Waals surface area (Å²) < 4.78 is 1.18. The van der Waals surface area contributed by atoms with Gasteiger partial charge in [-0.3, -0.25) is 4.79 Å². The Morgan fingerprint density at radius 1 is 1.32 bits per heavy atom. The van der Waals surface area contributed by atoms with Crippen LogP contribution in [0.4, 0.5) is 5.69 Å². The first kappa shape index (κ1) is 18.5. The maximum Gasteiger partial charge on any atom is 0.292 e. The molecule has 3 rings (SSSR count). The second-order valence-corrected chi connectivity index (χ2v) is 7.56. The number of nitrogens with zero attached hydrogens (tertiary/aromatic N) is 3. The van der Waals surface area contributed by atoms with Crippen LogP contribution in [0.25, 0.3) is 5.69 Å². The number of piperidine rings is 1. The molecule has 1 unspecified atom stereocenters. The van der Waals surface area contributed by atoms with E-state index in [1.54, 1.807) is 24.4 Å². The summed E-state index contributed by atoms with van der Waals surface area (Å²) >= 11 is 18.3. The number of hydrogen-bond acceptors (Lipinski definition) is 4. The van der Waals surface area contributed by atoms with Crippen LogP contribution in [0.2, 0.25) is 15.1 Å². The molecular formula is C17H19Cl3N4O. The predicted molar refractivity (Wildman–Crippen MR) is 104 cm³/mol. The Balaban J connectivity index is 1.79. The lowest BCUT2D eigenvalue weighted by Crippen LogP contribution is -2.35. The largest absolute Gasteiger partial charge is 0.382 e. The van der Waals surface area contributed by atoms with E-state index in [2.05, 4.69) is 22.4 Å². The topological polar surface area (TPSA) is 50.2 Å². The van der Waals surface area contributed by atoms with E-state index in [0.29, 0.717) is 27.3 Å². The highest BCUT2D eigenvalue weighted by Crippen LogP contribution is 2.25. The summed E-state index contributed by atoms with van der Waals surface area (Å²) in [5.41, 5.74) is 0.566. The van der Waals surface area contributed by atoms with E-state index in [-0.39, 0.29) is 5.02 Å². The zero-order valence-electron chi connectivity index (χ0n) is 13.8. The van der Waals surface area contributed by atoms with Crippen LogP contribution in [0, 0.1) is 5.92 Å². The molecule has 1 fully saturated rings. The van der Waals surface area contributed by atoms with Crippen molar-refractivity contribution in [2.45, 2.75) is 12.8 Å². The second kappa shape index (κ2) is 7.96. The van der Waals surface area contributed by atoms with E-state index in [1.807, 2.05) is 0 Å². The van der Waals surface area contributed by atoms with E-state index >= 15 is 0 Å². The molecule has 1 aromatic carbocycles. The van der Waals surface area contributed by atoms with Gasteiger partial charge >= 0.3 is 0 Å². The molecule has 1 saturated heterocycles. The third-order valence-corrected chi connectivity index (χ3v) is 5.26. The van der Waals surface area contributed by atoms with Gasteiger partial charge in [-0.25, -0.2) is 0 Å². The third-order valence-electron chi connectivity index (χ3n) is 4.36. The van der Waals surface area contributed by atoms with Crippen molar-refractivity contribution < 1.29 is 0 Å². The minimum Gasteiger partial charge on any atom is -0.382 e. The van der Waals surface area contributed by atoms with Crippen molar-refractivity contribution >= 4 is 40.5 Å². The van der Waals surface area contributed by atoms with Gasteiger partial charge in [-0.05, 0) is 50.6 Å². The molecule has 8 heteroatoms. The quantitative estimate of drug-likeness (QED) is 0.843. The Hall–Kier alpha value is -1.27. The molecule has 1 atom stereocenters. The molecule has 25 heavy (non-hydrogen) atoms. The third kappa shape index (κ3) is 4.29. The number of nitrogens with one attached hydrogen (secondary N) is 1. The second-order valence-electron chi connectivity index (χ2n) is 6.34. The molecule has 2 aromatic rings. The molecule has 0 amide bonds. The molecule has 1 aliphatic rings. The van der Waals surface area contributed by atoms with Gasteiger partial charge in [0.15, 0.2) is 0 Å². The summed E-state index contributed by atoms with van der Waals surface area (Å²) in [5, 5.41) is 8.38. The summed E-state index contributed by atoms with van der Waals surface area (Å²) in [6, 6.07) is 4.85. The zero-order chi connectivity index (χ0) is 18.0. The lowest BCUT2D eigenvalue weighted by molar-refractivity contribution is 0.217. The van der Waals surface area contributed by atoms with Gasteiger partial charge in [-0.15, -0.1) is 0 Å². The van der Waals surface area contributed by atoms with Gasteiger partial charge in [0.25, 0.3) is 5.56 Å². The van der Waals surface area contributed by atoms with Crippen LogP contribution >= 0.6 is 34.8 Å². The zero-order valence-corrected chi connectivity index (χ0v) is 16.1. The molecule has 2 heterocycles. The van der Waals surface area contributed by atoms with E-state index in [1.165, 1.54) is 17.5 Å². The van der Waals surface area contributed by atoms with Gasteiger partial charge in [0.2, 0.25) is 0 Å². The Morgan fingerprint density at radius 2 is 2.12 bits per heavy atom. The fourth-order valence-corrected chi connectivity index (χ4v) is 3.76. The van der Waals surface area contributed by atoms with Gasteiger partial charge in [-0.1, -0.05) is 34.8 Å². The summed E-state index contributed by atoms with van der Waals surface area (Å²) in [5.74, 6) is 0.531. The Morgan fingerprint density at radius 3 is 2.84 bits per heavy atom. The van der Waals surface area contributed by atoms with E-state index in [4.69, 9.17) is 34.8 Å². The highest BCUT2D eigenvalue weighted by molar-refractivity contribution is 6.36. The van der Waals surface area contributed by atoms with Gasteiger partial charge in [0, 0.05) is 18.1 Å². The van der Waals surface area contributed by atoms with Crippen LogP contribution in [-0.2, 0) is 0 Å². The first-order chi connectivity index (χ1) is 12.0. The smallest absolute Gasteiger partial charge is 0.292 e. The number of hydrogen-bond donors (Lipinski definition) is 1. The molecular weight excluding hydrogens is 383 g/mol. The minimum absolute atomic E-state index is 0.102. The van der Waals surface area contributed by atoms with Gasteiger partial charge in [0.1, 0.15) is 5.02 Å². The van der Waals surface area contributed by atoms with E-state index < -0.39 is 5.56 Å². The van der Waals surface area contributed by atoms with Crippen LogP contribution in [0.3, 0.4) is 0 Å². The number of benzene rings is 1.